The molecule has 29 heavy (non-hydrogen) atoms. The Labute approximate surface area is 172 Å². The maximum Gasteiger partial charge on any atom is 0.333 e. The molecule has 0 N–H and O–H groups in total. The maximum absolute atomic E-state index is 13.0. The van der Waals surface area contributed by atoms with Gasteiger partial charge in [-0.05, 0) is 25.5 Å². The first-order valence-electron chi connectivity index (χ1n) is 9.22. The van der Waals surface area contributed by atoms with E-state index in [-0.39, 0.29) is 24.5 Å². The zero-order valence-electron chi connectivity index (χ0n) is 16.3. The van der Waals surface area contributed by atoms with Gasteiger partial charge in [-0.3, -0.25) is 14.2 Å². The number of ketones is 1. The van der Waals surface area contributed by atoms with Crippen LogP contribution in [0.5, 0.6) is 0 Å². The molecule has 148 valence electrons. The van der Waals surface area contributed by atoms with E-state index < -0.39 is 5.97 Å². The molecule has 0 radical (unpaired) electrons. The average Bonchev–Trinajstić information content (AvgIpc) is 2.99. The molecule has 0 saturated heterocycles. The Kier molecular flexibility index (Phi) is 6.57. The molecule has 0 spiro atoms. The Morgan fingerprint density at radius 3 is 2.41 bits per heavy atom. The third-order valence-corrected chi connectivity index (χ3v) is 5.30. The van der Waals surface area contributed by atoms with Crippen LogP contribution in [0.3, 0.4) is 0 Å². The van der Waals surface area contributed by atoms with Crippen molar-refractivity contribution in [2.24, 2.45) is 0 Å². The Bertz CT molecular complexity index is 1190. The van der Waals surface area contributed by atoms with Crippen molar-refractivity contribution in [3.63, 3.8) is 0 Å². The normalized spacial score (nSPS) is 12.2. The van der Waals surface area contributed by atoms with Crippen LogP contribution in [0.1, 0.15) is 28.4 Å². The minimum Gasteiger partial charge on any atom is -0.463 e. The van der Waals surface area contributed by atoms with Crippen molar-refractivity contribution in [1.29, 1.82) is 0 Å². The summed E-state index contributed by atoms with van der Waals surface area (Å²) in [5.41, 5.74) is 2.20. The highest BCUT2D eigenvalue weighted by Gasteiger charge is 2.12. The Balaban J connectivity index is 2.08. The molecular weight excluding hydrogens is 386 g/mol. The molecule has 0 atom stereocenters. The predicted molar refractivity (Wildman–Crippen MR) is 114 cm³/mol. The SMILES string of the molecule is CCOC(=O)/C=c1\s/c(=C\c2ccc(C)cc2)c(=O)n1CC(=O)c1ccccc1. The number of carbonyl (C=O) groups is 2. The van der Waals surface area contributed by atoms with E-state index in [4.69, 9.17) is 4.74 Å². The Morgan fingerprint density at radius 1 is 1.07 bits per heavy atom. The fourth-order valence-corrected chi connectivity index (χ4v) is 3.78. The number of carbonyl (C=O) groups excluding carboxylic acids is 2. The molecule has 2 aromatic carbocycles. The standard InChI is InChI=1S/C23H21NO4S/c1-3-28-22(26)14-21-24(15-19(25)18-7-5-4-6-8-18)23(27)20(29-21)13-17-11-9-16(2)10-12-17/h4-14H,3,15H2,1-2H3/b20-13-,21-14-. The van der Waals surface area contributed by atoms with Gasteiger partial charge in [-0.1, -0.05) is 60.2 Å². The molecule has 1 aromatic heterocycles. The number of ether oxygens (including phenoxy) is 1. The summed E-state index contributed by atoms with van der Waals surface area (Å²) in [5, 5.41) is 0. The number of benzene rings is 2. The van der Waals surface area contributed by atoms with Crippen LogP contribution in [0.15, 0.2) is 59.4 Å². The van der Waals surface area contributed by atoms with Crippen molar-refractivity contribution >= 4 is 35.2 Å². The molecule has 0 saturated carbocycles. The van der Waals surface area contributed by atoms with E-state index in [0.29, 0.717) is 14.8 Å². The highest BCUT2D eigenvalue weighted by atomic mass is 32.1. The van der Waals surface area contributed by atoms with Crippen LogP contribution < -0.4 is 14.8 Å². The van der Waals surface area contributed by atoms with Gasteiger partial charge in [0.15, 0.2) is 5.78 Å². The van der Waals surface area contributed by atoms with Crippen molar-refractivity contribution in [2.75, 3.05) is 6.61 Å². The summed E-state index contributed by atoms with van der Waals surface area (Å²) in [7, 11) is 0. The van der Waals surface area contributed by atoms with Gasteiger partial charge < -0.3 is 4.74 Å². The zero-order chi connectivity index (χ0) is 20.8. The van der Waals surface area contributed by atoms with E-state index in [9.17, 15) is 14.4 Å². The Hall–Kier alpha value is -3.25. The molecule has 5 nitrogen and oxygen atoms in total. The molecule has 0 aliphatic carbocycles. The third kappa shape index (κ3) is 5.18. The number of thiazole rings is 1. The molecule has 0 aliphatic heterocycles. The van der Waals surface area contributed by atoms with Gasteiger partial charge in [-0.2, -0.15) is 0 Å². The van der Waals surface area contributed by atoms with Crippen molar-refractivity contribution in [3.8, 4) is 0 Å². The first-order chi connectivity index (χ1) is 14.0. The monoisotopic (exact) mass is 407 g/mol. The van der Waals surface area contributed by atoms with E-state index in [1.54, 1.807) is 37.3 Å². The van der Waals surface area contributed by atoms with Gasteiger partial charge >= 0.3 is 5.97 Å². The molecule has 3 aromatic rings. The molecule has 3 rings (SSSR count). The molecule has 6 heteroatoms. The topological polar surface area (TPSA) is 65.4 Å². The number of hydrogen-bond donors (Lipinski definition) is 0. The average molecular weight is 407 g/mol. The summed E-state index contributed by atoms with van der Waals surface area (Å²) in [6.07, 6.45) is 3.03. The quantitative estimate of drug-likeness (QED) is 0.465. The molecule has 0 aliphatic rings. The van der Waals surface area contributed by atoms with E-state index in [1.165, 1.54) is 10.6 Å². The highest BCUT2D eigenvalue weighted by molar-refractivity contribution is 7.07. The van der Waals surface area contributed by atoms with Crippen LogP contribution >= 0.6 is 11.3 Å². The van der Waals surface area contributed by atoms with Crippen molar-refractivity contribution in [3.05, 3.63) is 90.8 Å². The predicted octanol–water partition coefficient (Wildman–Crippen LogP) is 2.27. The van der Waals surface area contributed by atoms with Crippen molar-refractivity contribution < 1.29 is 14.3 Å². The van der Waals surface area contributed by atoms with Crippen LogP contribution in [-0.4, -0.2) is 22.9 Å². The van der Waals surface area contributed by atoms with Crippen LogP contribution in [0, 0.1) is 6.92 Å². The van der Waals surface area contributed by atoms with Gasteiger partial charge in [0.1, 0.15) is 4.66 Å². The molecule has 1 heterocycles. The number of aryl methyl sites for hydroxylation is 1. The number of Topliss-reactive ketones (excluding diaryl/α,β-unsaturated/α-hetero) is 1. The van der Waals surface area contributed by atoms with Crippen LogP contribution in [0.4, 0.5) is 0 Å². The fraction of sp³-hybridized carbons (Fsp3) is 0.174. The number of aromatic nitrogens is 1. The van der Waals surface area contributed by atoms with Gasteiger partial charge in [0.25, 0.3) is 5.56 Å². The molecule has 0 unspecified atom stereocenters. The summed E-state index contributed by atoms with van der Waals surface area (Å²) >= 11 is 1.16. The second kappa shape index (κ2) is 9.30. The van der Waals surface area contributed by atoms with Gasteiger partial charge in [0.05, 0.1) is 23.8 Å². The van der Waals surface area contributed by atoms with E-state index in [0.717, 1.165) is 22.5 Å². The third-order valence-electron chi connectivity index (χ3n) is 4.24. The lowest BCUT2D eigenvalue weighted by atomic mass is 10.1. The van der Waals surface area contributed by atoms with Gasteiger partial charge in [0, 0.05) is 5.56 Å². The summed E-state index contributed by atoms with van der Waals surface area (Å²) in [6.45, 7) is 3.79. The Morgan fingerprint density at radius 2 is 1.76 bits per heavy atom. The fourth-order valence-electron chi connectivity index (χ4n) is 2.75. The lowest BCUT2D eigenvalue weighted by Crippen LogP contribution is -2.34. The minimum absolute atomic E-state index is 0.147. The van der Waals surface area contributed by atoms with E-state index in [1.807, 2.05) is 37.3 Å². The molecule has 0 fully saturated rings. The van der Waals surface area contributed by atoms with Gasteiger partial charge in [-0.25, -0.2) is 4.79 Å². The van der Waals surface area contributed by atoms with Crippen molar-refractivity contribution in [2.45, 2.75) is 20.4 Å². The van der Waals surface area contributed by atoms with Gasteiger partial charge in [-0.15, -0.1) is 11.3 Å². The summed E-state index contributed by atoms with van der Waals surface area (Å²) < 4.78 is 7.14. The smallest absolute Gasteiger partial charge is 0.333 e. The molecule has 0 amide bonds. The largest absolute Gasteiger partial charge is 0.463 e. The van der Waals surface area contributed by atoms with E-state index in [2.05, 4.69) is 0 Å². The number of rotatable bonds is 6. The first kappa shape index (κ1) is 20.5. The summed E-state index contributed by atoms with van der Waals surface area (Å²) in [6, 6.07) is 16.5. The first-order valence-corrected chi connectivity index (χ1v) is 10.0. The van der Waals surface area contributed by atoms with Crippen LogP contribution in [0.25, 0.3) is 12.2 Å². The van der Waals surface area contributed by atoms with Crippen LogP contribution in [-0.2, 0) is 16.1 Å². The van der Waals surface area contributed by atoms with Gasteiger partial charge in [0.2, 0.25) is 0 Å². The molecule has 0 bridgehead atoms. The second-order valence-electron chi connectivity index (χ2n) is 6.44. The number of esters is 1. The number of nitrogens with zero attached hydrogens (tertiary/aromatic N) is 1. The van der Waals surface area contributed by atoms with Crippen molar-refractivity contribution in [1.82, 2.24) is 4.57 Å². The van der Waals surface area contributed by atoms with Crippen LogP contribution in [0.2, 0.25) is 0 Å². The number of hydrogen-bond acceptors (Lipinski definition) is 5. The minimum atomic E-state index is -0.545. The lowest BCUT2D eigenvalue weighted by Gasteiger charge is -2.02. The lowest BCUT2D eigenvalue weighted by molar-refractivity contribution is -0.135. The maximum atomic E-state index is 13.0. The second-order valence-corrected chi connectivity index (χ2v) is 7.50. The van der Waals surface area contributed by atoms with E-state index >= 15 is 0 Å². The highest BCUT2D eigenvalue weighted by Crippen LogP contribution is 2.04. The zero-order valence-corrected chi connectivity index (χ0v) is 17.1. The summed E-state index contributed by atoms with van der Waals surface area (Å²) in [5.74, 6) is -0.748. The summed E-state index contributed by atoms with van der Waals surface area (Å²) in [4.78, 5) is 37.6. The molecular formula is C23H21NO4S.